The molecule has 0 heterocycles. The molecule has 0 radical (unpaired) electrons. The zero-order valence-electron chi connectivity index (χ0n) is 16.7. The molecule has 3 aromatic rings. The third kappa shape index (κ3) is 6.07. The molecule has 0 bridgehead atoms. The normalized spacial score (nSPS) is 11.7. The lowest BCUT2D eigenvalue weighted by Gasteiger charge is -2.13. The van der Waals surface area contributed by atoms with E-state index in [-0.39, 0.29) is 5.97 Å². The minimum atomic E-state index is -0.630. The second-order valence-corrected chi connectivity index (χ2v) is 7.16. The van der Waals surface area contributed by atoms with Crippen LogP contribution in [0.4, 0.5) is 0 Å². The van der Waals surface area contributed by atoms with Gasteiger partial charge in [0.25, 0.3) is 0 Å². The van der Waals surface area contributed by atoms with Gasteiger partial charge in [-0.05, 0) is 53.1 Å². The molecule has 1 atom stereocenters. The first kappa shape index (κ1) is 21.8. The van der Waals surface area contributed by atoms with Crippen LogP contribution in [-0.4, -0.2) is 37.9 Å². The van der Waals surface area contributed by atoms with Gasteiger partial charge in [0.15, 0.2) is 0 Å². The van der Waals surface area contributed by atoms with Crippen LogP contribution in [0.1, 0.15) is 22.0 Å². The molecule has 0 aromatic heterocycles. The summed E-state index contributed by atoms with van der Waals surface area (Å²) >= 11 is 5.95. The third-order valence-electron chi connectivity index (χ3n) is 4.57. The minimum Gasteiger partial charge on any atom is -0.492 e. The van der Waals surface area contributed by atoms with Gasteiger partial charge in [0.2, 0.25) is 0 Å². The Balaban J connectivity index is 1.51. The molecule has 3 aromatic carbocycles. The topological polar surface area (TPSA) is 67.8 Å². The van der Waals surface area contributed by atoms with Crippen molar-refractivity contribution in [1.82, 2.24) is 5.32 Å². The molecule has 2 N–H and O–H groups in total. The van der Waals surface area contributed by atoms with E-state index in [1.54, 1.807) is 24.3 Å². The summed E-state index contributed by atoms with van der Waals surface area (Å²) in [5.41, 5.74) is 3.13. The van der Waals surface area contributed by atoms with E-state index in [2.05, 4.69) is 5.32 Å². The number of aliphatic hydroxyl groups excluding tert-OH is 1. The number of hydrogen-bond donors (Lipinski definition) is 2. The fourth-order valence-electron chi connectivity index (χ4n) is 3.02. The Morgan fingerprint density at radius 3 is 2.53 bits per heavy atom. The third-order valence-corrected chi connectivity index (χ3v) is 4.80. The number of carbonyl (C=O) groups excluding carboxylic acids is 1. The lowest BCUT2D eigenvalue weighted by atomic mass is 10.0. The highest BCUT2D eigenvalue weighted by Crippen LogP contribution is 2.25. The maximum Gasteiger partial charge on any atom is 0.337 e. The van der Waals surface area contributed by atoms with E-state index in [9.17, 15) is 9.90 Å². The molecule has 5 nitrogen and oxygen atoms in total. The highest BCUT2D eigenvalue weighted by atomic mass is 35.5. The van der Waals surface area contributed by atoms with Gasteiger partial charge < -0.3 is 19.9 Å². The average molecular weight is 426 g/mol. The van der Waals surface area contributed by atoms with Crippen molar-refractivity contribution in [2.75, 3.05) is 26.8 Å². The van der Waals surface area contributed by atoms with Crippen molar-refractivity contribution in [1.29, 1.82) is 0 Å². The number of benzene rings is 3. The molecule has 0 aliphatic heterocycles. The first-order valence-corrected chi connectivity index (χ1v) is 10.0. The van der Waals surface area contributed by atoms with Crippen LogP contribution < -0.4 is 10.1 Å². The Hall–Kier alpha value is -2.86. The van der Waals surface area contributed by atoms with Gasteiger partial charge in [0.1, 0.15) is 12.4 Å². The molecular weight excluding hydrogens is 402 g/mol. The van der Waals surface area contributed by atoms with Gasteiger partial charge in [-0.2, -0.15) is 0 Å². The molecule has 0 aliphatic rings. The Morgan fingerprint density at radius 2 is 1.77 bits per heavy atom. The van der Waals surface area contributed by atoms with E-state index in [1.165, 1.54) is 7.11 Å². The summed E-state index contributed by atoms with van der Waals surface area (Å²) < 4.78 is 10.6. The van der Waals surface area contributed by atoms with Crippen molar-refractivity contribution < 1.29 is 19.4 Å². The fourth-order valence-corrected chi connectivity index (χ4v) is 3.22. The Labute approximate surface area is 181 Å². The first-order valence-electron chi connectivity index (χ1n) is 9.62. The summed E-state index contributed by atoms with van der Waals surface area (Å²) in [7, 11) is 1.37. The fraction of sp³-hybridized carbons (Fsp3) is 0.208. The molecular formula is C24H24ClNO4. The maximum absolute atomic E-state index is 11.7. The number of nitrogens with one attached hydrogen (secondary N) is 1. The molecule has 30 heavy (non-hydrogen) atoms. The molecule has 0 saturated carbocycles. The van der Waals surface area contributed by atoms with E-state index in [0.717, 1.165) is 22.4 Å². The predicted octanol–water partition coefficient (Wildman–Crippen LogP) is 4.50. The second kappa shape index (κ2) is 10.8. The summed E-state index contributed by atoms with van der Waals surface area (Å²) in [5.74, 6) is 0.364. The molecule has 0 spiro atoms. The minimum absolute atomic E-state index is 0.365. The van der Waals surface area contributed by atoms with Crippen molar-refractivity contribution in [3.8, 4) is 16.9 Å². The molecule has 156 valence electrons. The zero-order valence-corrected chi connectivity index (χ0v) is 17.4. The smallest absolute Gasteiger partial charge is 0.337 e. The van der Waals surface area contributed by atoms with Crippen LogP contribution >= 0.6 is 11.6 Å². The Bertz CT molecular complexity index is 992. The number of hydrogen-bond acceptors (Lipinski definition) is 5. The summed E-state index contributed by atoms with van der Waals surface area (Å²) in [6, 6.07) is 22.1. The van der Waals surface area contributed by atoms with Crippen LogP contribution in [0.25, 0.3) is 11.1 Å². The number of ether oxygens (including phenoxy) is 2. The average Bonchev–Trinajstić information content (AvgIpc) is 2.78. The van der Waals surface area contributed by atoms with Crippen molar-refractivity contribution in [2.24, 2.45) is 0 Å². The number of halogens is 1. The summed E-state index contributed by atoms with van der Waals surface area (Å²) in [5, 5.41) is 14.0. The molecule has 0 aliphatic carbocycles. The molecule has 3 rings (SSSR count). The van der Waals surface area contributed by atoms with Crippen LogP contribution in [0.5, 0.6) is 5.75 Å². The van der Waals surface area contributed by atoms with Crippen LogP contribution in [0.15, 0.2) is 72.8 Å². The van der Waals surface area contributed by atoms with E-state index in [1.807, 2.05) is 48.5 Å². The first-order chi connectivity index (χ1) is 14.6. The van der Waals surface area contributed by atoms with Crippen molar-refractivity contribution in [3.05, 3.63) is 88.9 Å². The SMILES string of the molecule is COC(=O)c1cccc(-c2cccc(OCCNCC(O)c3cccc(Cl)c3)c2)c1. The van der Waals surface area contributed by atoms with Gasteiger partial charge in [0, 0.05) is 18.1 Å². The van der Waals surface area contributed by atoms with Gasteiger partial charge in [-0.1, -0.05) is 48.0 Å². The summed E-state index contributed by atoms with van der Waals surface area (Å²) in [6.07, 6.45) is -0.630. The van der Waals surface area contributed by atoms with E-state index in [4.69, 9.17) is 21.1 Å². The lowest BCUT2D eigenvalue weighted by Crippen LogP contribution is -2.26. The quantitative estimate of drug-likeness (QED) is 0.390. The number of aliphatic hydroxyl groups is 1. The molecule has 0 amide bonds. The van der Waals surface area contributed by atoms with Gasteiger partial charge in [0.05, 0.1) is 18.8 Å². The largest absolute Gasteiger partial charge is 0.492 e. The number of esters is 1. The zero-order chi connectivity index (χ0) is 21.3. The van der Waals surface area contributed by atoms with Crippen molar-refractivity contribution in [3.63, 3.8) is 0 Å². The molecule has 6 heteroatoms. The van der Waals surface area contributed by atoms with Crippen LogP contribution in [0.2, 0.25) is 5.02 Å². The maximum atomic E-state index is 11.7. The Morgan fingerprint density at radius 1 is 1.03 bits per heavy atom. The standard InChI is InChI=1S/C24H24ClNO4/c1-29-24(28)20-8-2-5-17(13-20)18-6-4-10-22(15-18)30-12-11-26-16-23(27)19-7-3-9-21(25)14-19/h2-10,13-15,23,26-27H,11-12,16H2,1H3. The monoisotopic (exact) mass is 425 g/mol. The molecule has 1 unspecified atom stereocenters. The second-order valence-electron chi connectivity index (χ2n) is 6.72. The van der Waals surface area contributed by atoms with E-state index in [0.29, 0.717) is 30.3 Å². The summed E-state index contributed by atoms with van der Waals surface area (Å²) in [6.45, 7) is 1.44. The lowest BCUT2D eigenvalue weighted by molar-refractivity contribution is 0.0601. The Kier molecular flexibility index (Phi) is 7.85. The van der Waals surface area contributed by atoms with Crippen molar-refractivity contribution in [2.45, 2.75) is 6.10 Å². The molecule has 0 saturated heterocycles. The highest BCUT2D eigenvalue weighted by molar-refractivity contribution is 6.30. The van der Waals surface area contributed by atoms with Crippen molar-refractivity contribution >= 4 is 17.6 Å². The van der Waals surface area contributed by atoms with Crippen LogP contribution in [0, 0.1) is 0 Å². The van der Waals surface area contributed by atoms with Gasteiger partial charge in [-0.3, -0.25) is 0 Å². The molecule has 0 fully saturated rings. The van der Waals surface area contributed by atoms with Crippen LogP contribution in [0.3, 0.4) is 0 Å². The predicted molar refractivity (Wildman–Crippen MR) is 118 cm³/mol. The summed E-state index contributed by atoms with van der Waals surface area (Å²) in [4.78, 5) is 11.7. The van der Waals surface area contributed by atoms with Crippen LogP contribution in [-0.2, 0) is 4.74 Å². The van der Waals surface area contributed by atoms with Gasteiger partial charge in [-0.15, -0.1) is 0 Å². The highest BCUT2D eigenvalue weighted by Gasteiger charge is 2.08. The number of rotatable bonds is 9. The number of carbonyl (C=O) groups is 1. The van der Waals surface area contributed by atoms with E-state index < -0.39 is 6.10 Å². The van der Waals surface area contributed by atoms with Gasteiger partial charge in [-0.25, -0.2) is 4.79 Å². The van der Waals surface area contributed by atoms with Gasteiger partial charge >= 0.3 is 5.97 Å². The number of methoxy groups -OCH3 is 1. The van der Waals surface area contributed by atoms with E-state index >= 15 is 0 Å².